The zero-order chi connectivity index (χ0) is 76.4. The molecule has 2 fully saturated rings. The normalized spacial score (nSPS) is 14.9. The molecule has 1 aromatic carbocycles. The van der Waals surface area contributed by atoms with Gasteiger partial charge < -0.3 is 39.2 Å². The Balaban J connectivity index is -0.000000337. The average molecular weight is 1490 g/mol. The maximum Gasteiger partial charge on any atom is 0.131 e. The largest absolute Gasteiger partial charge is 0.368 e. The average Bonchev–Trinajstić information content (AvgIpc) is 1.45. The number of amidine groups is 8. The van der Waals surface area contributed by atoms with Gasteiger partial charge in [0.1, 0.15) is 5.84 Å². The van der Waals surface area contributed by atoms with Gasteiger partial charge in [0.15, 0.2) is 0 Å². The summed E-state index contributed by atoms with van der Waals surface area (Å²) in [5.41, 5.74) is 1.52. The molecule has 0 bridgehead atoms. The van der Waals surface area contributed by atoms with Gasteiger partial charge in [-0.1, -0.05) is 56.0 Å². The van der Waals surface area contributed by atoms with Crippen LogP contribution >= 0.6 is 0 Å². The number of rotatable bonds is 18. The third-order valence-electron chi connectivity index (χ3n) is 16.7. The Kier molecular flexibility index (Phi) is 61.5. The standard InChI is InChI=1S/C14H24N2Si.C13H26N2Si.C11H26N2Si.2C9H22N2Si.C7H18N2Si.2C5H14N2Si/c1-11(2)15-14(16(10-17)12(3)4)13-8-6-5-7-9-13;1-11(14-12-6-2-3-7-12)15(10-16)13-8-4-5-9-13;1-9(12-10(2,3)4)13(8-14)11(5,6)7;1-7(2)10-9(5)11(6-12)8(3)4;1-6-11(7-12)8(2)10-9(3,4)5;1-4-8-7(3)9(5-2)6-10;2*1-5(6-2)7(3)4-8/h5-9,11-12H,10H2,1-4,17H3;12-13H,2-10H2,1,16H3;8H2,1-7,14H3;7-8H,6H2,1-5,12H3;6-7H2,1-5,12H3;4-6H2,1-3,10H3;2*4H2,1-3,8H3. The minimum Gasteiger partial charge on any atom is -0.368 e. The quantitative estimate of drug-likeness (QED) is 0.103. The minimum atomic E-state index is 0.0321. The van der Waals surface area contributed by atoms with Gasteiger partial charge in [-0.25, -0.2) is 0 Å². The van der Waals surface area contributed by atoms with E-state index in [0.29, 0.717) is 30.2 Å². The van der Waals surface area contributed by atoms with E-state index < -0.39 is 0 Å². The van der Waals surface area contributed by atoms with Crippen molar-refractivity contribution >= 4 is 129 Å². The summed E-state index contributed by atoms with van der Waals surface area (Å²) in [6.07, 6.45) is 20.6. The van der Waals surface area contributed by atoms with Gasteiger partial charge in [0.05, 0.1) is 58.0 Å². The first kappa shape index (κ1) is 102. The second-order valence-electron chi connectivity index (χ2n) is 29.3. The molecule has 570 valence electrons. The van der Waals surface area contributed by atoms with E-state index in [1.807, 2.05) is 27.9 Å². The molecule has 0 atom stereocenters. The molecule has 0 aromatic heterocycles. The van der Waals surface area contributed by atoms with Crippen molar-refractivity contribution in [1.82, 2.24) is 39.2 Å². The first-order valence-corrected chi connectivity index (χ1v) is 49.6. The molecule has 0 aliphatic heterocycles. The van der Waals surface area contributed by atoms with Crippen LogP contribution in [0.5, 0.6) is 0 Å². The first-order chi connectivity index (χ1) is 45.0. The predicted molar refractivity (Wildman–Crippen MR) is 478 cm³/mol. The number of hydrogen-bond acceptors (Lipinski definition) is 8. The van der Waals surface area contributed by atoms with Crippen LogP contribution in [0.3, 0.4) is 0 Å². The van der Waals surface area contributed by atoms with Crippen molar-refractivity contribution in [3.05, 3.63) is 35.9 Å². The lowest BCUT2D eigenvalue weighted by atomic mass is 10.1. The zero-order valence-corrected chi connectivity index (χ0v) is 87.9. The highest BCUT2D eigenvalue weighted by atomic mass is 28.2. The molecule has 2 saturated carbocycles. The maximum atomic E-state index is 4.96. The molecule has 2 aliphatic rings. The number of benzene rings is 1. The topological polar surface area (TPSA) is 125 Å². The van der Waals surface area contributed by atoms with Crippen LogP contribution in [-0.4, -0.2) is 318 Å². The lowest BCUT2D eigenvalue weighted by Gasteiger charge is -2.37. The molecule has 0 heterocycles. The van der Waals surface area contributed by atoms with Crippen molar-refractivity contribution in [1.29, 1.82) is 0 Å². The van der Waals surface area contributed by atoms with Crippen molar-refractivity contribution in [3.8, 4) is 0 Å². The highest BCUT2D eigenvalue weighted by Crippen LogP contribution is 2.26. The summed E-state index contributed by atoms with van der Waals surface area (Å²) in [5, 5.41) is 0. The van der Waals surface area contributed by atoms with E-state index >= 15 is 0 Å². The van der Waals surface area contributed by atoms with Crippen molar-refractivity contribution in [2.45, 2.75) is 291 Å². The molecular formula is C73H166N16Si8. The van der Waals surface area contributed by atoms with Crippen molar-refractivity contribution in [3.63, 3.8) is 0 Å². The van der Waals surface area contributed by atoms with Crippen LogP contribution < -0.4 is 0 Å². The fraction of sp³-hybridized carbons (Fsp3) is 0.808. The first-order valence-electron chi connectivity index (χ1n) is 38.3. The maximum absolute atomic E-state index is 4.96. The molecule has 3 rings (SSSR count). The van der Waals surface area contributed by atoms with E-state index in [0.717, 1.165) is 65.8 Å². The van der Waals surface area contributed by atoms with Crippen LogP contribution in [-0.2, 0) is 0 Å². The lowest BCUT2D eigenvalue weighted by Crippen LogP contribution is -2.46. The number of nitrogens with zero attached hydrogens (tertiary/aromatic N) is 16. The van der Waals surface area contributed by atoms with E-state index in [4.69, 9.17) is 15.0 Å². The Labute approximate surface area is 628 Å². The van der Waals surface area contributed by atoms with E-state index in [9.17, 15) is 0 Å². The number of hydrogen-bond donors (Lipinski definition) is 0. The highest BCUT2D eigenvalue weighted by molar-refractivity contribution is 6.13. The number of aliphatic imine (C=N–C) groups is 8. The molecule has 24 heteroatoms. The molecule has 0 amide bonds. The smallest absolute Gasteiger partial charge is 0.131 e. The fourth-order valence-corrected chi connectivity index (χ4v) is 18.8. The Morgan fingerprint density at radius 3 is 1.16 bits per heavy atom. The van der Waals surface area contributed by atoms with Crippen LogP contribution in [0, 0.1) is 0 Å². The molecule has 0 N–H and O–H groups in total. The van der Waals surface area contributed by atoms with Gasteiger partial charge >= 0.3 is 0 Å². The van der Waals surface area contributed by atoms with Crippen LogP contribution in [0.15, 0.2) is 70.3 Å². The van der Waals surface area contributed by atoms with Gasteiger partial charge in [0.25, 0.3) is 0 Å². The molecule has 0 saturated heterocycles. The van der Waals surface area contributed by atoms with Crippen LogP contribution in [0.2, 0.25) is 0 Å². The summed E-state index contributed by atoms with van der Waals surface area (Å²) in [6, 6.07) is 13.8. The Morgan fingerprint density at radius 1 is 0.464 bits per heavy atom. The third-order valence-corrected chi connectivity index (χ3v) is 22.8. The van der Waals surface area contributed by atoms with E-state index in [2.05, 4.69) is 282 Å². The van der Waals surface area contributed by atoms with E-state index in [1.165, 1.54) is 195 Å². The molecule has 97 heavy (non-hydrogen) atoms. The van der Waals surface area contributed by atoms with Gasteiger partial charge in [0, 0.05) is 220 Å². The SMILES string of the molecule is CC(=NC(C)(C)C)N(C[SiH3])C(C)(C)C.CC(=NC(C)C)N(C[SiH3])C(C)C.CC(=NC1CCCC1)N(C[SiH3])C1CCCC1.CC(C)N=C(c1ccccc1)N(C[SiH3])C(C)C.CCN(C[SiH3])C(C)=NC(C)(C)C.CCN=C(C)N(CC)C[SiH3].CN=C(C)N(C)C[SiH3].CN=C(C)N(C)C[SiH3]. The molecule has 1 aromatic rings. The summed E-state index contributed by atoms with van der Waals surface area (Å²) >= 11 is 0. The fourth-order valence-electron chi connectivity index (χ4n) is 11.4. The molecule has 16 nitrogen and oxygen atoms in total. The summed E-state index contributed by atoms with van der Waals surface area (Å²) < 4.78 is 0. The van der Waals surface area contributed by atoms with Crippen molar-refractivity contribution < 1.29 is 0 Å². The predicted octanol–water partition coefficient (Wildman–Crippen LogP) is 5.76. The summed E-state index contributed by atoms with van der Waals surface area (Å²) in [4.78, 5) is 54.7. The Hall–Kier alpha value is -3.28. The van der Waals surface area contributed by atoms with Gasteiger partial charge in [-0.05, 0) is 213 Å². The molecule has 0 radical (unpaired) electrons. The lowest BCUT2D eigenvalue weighted by molar-refractivity contribution is 0.265. The molecule has 0 unspecified atom stereocenters. The third kappa shape index (κ3) is 51.5. The van der Waals surface area contributed by atoms with Crippen LogP contribution in [0.4, 0.5) is 0 Å². The van der Waals surface area contributed by atoms with Crippen LogP contribution in [0.25, 0.3) is 0 Å². The van der Waals surface area contributed by atoms with Crippen molar-refractivity contribution in [2.75, 3.05) is 97.2 Å². The van der Waals surface area contributed by atoms with Gasteiger partial charge in [-0.15, -0.1) is 0 Å². The molecular weight excluding hydrogens is 1330 g/mol. The summed E-state index contributed by atoms with van der Waals surface area (Å²) in [6.45, 7) is 61.2. The van der Waals surface area contributed by atoms with E-state index in [1.54, 1.807) is 0 Å². The zero-order valence-electron chi connectivity index (χ0n) is 71.9. The highest BCUT2D eigenvalue weighted by Gasteiger charge is 2.25. The van der Waals surface area contributed by atoms with Crippen molar-refractivity contribution in [2.24, 2.45) is 39.9 Å². The molecule has 0 spiro atoms. The minimum absolute atomic E-state index is 0.0321. The second kappa shape index (κ2) is 58.2. The van der Waals surface area contributed by atoms with Gasteiger partial charge in [-0.3, -0.25) is 39.9 Å². The summed E-state index contributed by atoms with van der Waals surface area (Å²) in [7, 11) is 17.5. The second-order valence-corrected chi connectivity index (χ2v) is 34.4. The van der Waals surface area contributed by atoms with E-state index in [-0.39, 0.29) is 16.6 Å². The van der Waals surface area contributed by atoms with Gasteiger partial charge in [0.2, 0.25) is 0 Å². The van der Waals surface area contributed by atoms with Gasteiger partial charge in [-0.2, -0.15) is 0 Å². The summed E-state index contributed by atoms with van der Waals surface area (Å²) in [5.74, 6) is 9.47. The Morgan fingerprint density at radius 2 is 0.866 bits per heavy atom. The monoisotopic (exact) mass is 1490 g/mol. The van der Waals surface area contributed by atoms with Crippen LogP contribution in [0.1, 0.15) is 244 Å². The molecule has 2 aliphatic carbocycles. The Bertz CT molecular complexity index is 2320.